The molecule has 0 amide bonds. The van der Waals surface area contributed by atoms with Crippen LogP contribution in [0.15, 0.2) is 218 Å². The summed E-state index contributed by atoms with van der Waals surface area (Å²) in [7, 11) is 0. The van der Waals surface area contributed by atoms with Crippen molar-refractivity contribution in [3.63, 3.8) is 0 Å². The van der Waals surface area contributed by atoms with Gasteiger partial charge in [0.05, 0.1) is 16.7 Å². The lowest BCUT2D eigenvalue weighted by molar-refractivity contribution is 1.07. The van der Waals surface area contributed by atoms with Gasteiger partial charge in [-0.3, -0.25) is 0 Å². The lowest BCUT2D eigenvalue weighted by atomic mass is 9.91. The molecule has 10 aromatic carbocycles. The number of hydrogen-bond acceptors (Lipinski definition) is 4. The van der Waals surface area contributed by atoms with Gasteiger partial charge in [0.25, 0.3) is 0 Å². The fraction of sp³-hybridized carbons (Fsp3) is 0. The van der Waals surface area contributed by atoms with Crippen molar-refractivity contribution in [1.82, 2.24) is 19.5 Å². The molecule has 0 saturated carbocycles. The molecule has 0 radical (unpaired) electrons. The minimum atomic E-state index is 0.613. The Kier molecular flexibility index (Phi) is 8.36. The van der Waals surface area contributed by atoms with Crippen molar-refractivity contribution < 1.29 is 0 Å². The maximum Gasteiger partial charge on any atom is 0.164 e. The summed E-state index contributed by atoms with van der Waals surface area (Å²) in [6.07, 6.45) is 0. The number of hydrogen-bond donors (Lipinski definition) is 0. The van der Waals surface area contributed by atoms with Gasteiger partial charge in [-0.25, -0.2) is 15.0 Å². The van der Waals surface area contributed by atoms with Crippen LogP contribution in [0.2, 0.25) is 0 Å². The van der Waals surface area contributed by atoms with E-state index in [4.69, 9.17) is 15.0 Å². The SMILES string of the molecule is c1ccc(-c2cccc(-c3nc(-c4ccccc4)nc(-c4ccc(-n5c6ccccc6c6cc7ccccc7cc65)c(-c5c6ccccc6cc6sc7ccccc7c56)c4)n3)c2)cc1. The minimum Gasteiger partial charge on any atom is -0.309 e. The fourth-order valence-electron chi connectivity index (χ4n) is 9.63. The van der Waals surface area contributed by atoms with Crippen LogP contribution in [0, 0.1) is 0 Å². The lowest BCUT2D eigenvalue weighted by Crippen LogP contribution is -2.02. The molecule has 0 spiro atoms. The quantitative estimate of drug-likeness (QED) is 0.168. The maximum atomic E-state index is 5.33. The summed E-state index contributed by atoms with van der Waals surface area (Å²) >= 11 is 1.85. The Morgan fingerprint density at radius 3 is 1.69 bits per heavy atom. The number of nitrogens with zero attached hydrogens (tertiary/aromatic N) is 4. The fourth-order valence-corrected chi connectivity index (χ4v) is 10.8. The zero-order valence-corrected chi connectivity index (χ0v) is 35.3. The molecule has 0 aliphatic heterocycles. The highest BCUT2D eigenvalue weighted by molar-refractivity contribution is 7.26. The number of aromatic nitrogens is 4. The molecule has 4 nitrogen and oxygen atoms in total. The molecule has 0 fully saturated rings. The first kappa shape index (κ1) is 36.4. The zero-order chi connectivity index (χ0) is 42.1. The van der Waals surface area contributed by atoms with Crippen molar-refractivity contribution in [2.75, 3.05) is 0 Å². The van der Waals surface area contributed by atoms with E-state index < -0.39 is 0 Å². The second-order valence-electron chi connectivity index (χ2n) is 16.4. The topological polar surface area (TPSA) is 43.6 Å². The van der Waals surface area contributed by atoms with E-state index in [1.807, 2.05) is 35.6 Å². The van der Waals surface area contributed by atoms with Crippen molar-refractivity contribution in [1.29, 1.82) is 0 Å². The molecule has 0 unspecified atom stereocenters. The second-order valence-corrected chi connectivity index (χ2v) is 17.4. The van der Waals surface area contributed by atoms with Crippen molar-refractivity contribution >= 4 is 74.9 Å². The molecular weight excluding hydrogens is 797 g/mol. The molecule has 0 N–H and O–H groups in total. The summed E-state index contributed by atoms with van der Waals surface area (Å²) in [5.41, 5.74) is 10.7. The van der Waals surface area contributed by atoms with E-state index in [-0.39, 0.29) is 0 Å². The molecule has 3 aromatic heterocycles. The molecule has 298 valence electrons. The maximum absolute atomic E-state index is 5.33. The highest BCUT2D eigenvalue weighted by Crippen LogP contribution is 2.48. The predicted octanol–water partition coefficient (Wildman–Crippen LogP) is 16.0. The number of thiophene rings is 1. The molecule has 64 heavy (non-hydrogen) atoms. The van der Waals surface area contributed by atoms with Gasteiger partial charge in [0.2, 0.25) is 0 Å². The Bertz CT molecular complexity index is 3960. The monoisotopic (exact) mass is 832 g/mol. The standard InChI is InChI=1S/C59H36N4S/c1-3-16-37(17-4-1)39-23-15-24-43(32-39)58-60-57(38-18-5-2-6-19-38)61-59(62-58)44-30-31-51(63-50-28-13-11-26-46(50)48-33-40-20-7-8-21-41(40)35-52(48)63)49(34-44)55-45-25-10-9-22-42(45)36-54-56(55)47-27-12-14-29-53(47)64-54/h1-36H. The van der Waals surface area contributed by atoms with E-state index in [9.17, 15) is 0 Å². The van der Waals surface area contributed by atoms with Gasteiger partial charge in [-0.15, -0.1) is 11.3 Å². The van der Waals surface area contributed by atoms with Gasteiger partial charge in [-0.2, -0.15) is 0 Å². The van der Waals surface area contributed by atoms with Gasteiger partial charge < -0.3 is 4.57 Å². The van der Waals surface area contributed by atoms with Crippen LogP contribution in [0.3, 0.4) is 0 Å². The van der Waals surface area contributed by atoms with Crippen molar-refractivity contribution in [3.05, 3.63) is 218 Å². The number of rotatable bonds is 6. The highest BCUT2D eigenvalue weighted by Gasteiger charge is 2.23. The Hall–Kier alpha value is -8.25. The van der Waals surface area contributed by atoms with Crippen LogP contribution < -0.4 is 0 Å². The number of fused-ring (bicyclic) bond motifs is 8. The van der Waals surface area contributed by atoms with Crippen molar-refractivity contribution in [3.8, 4) is 62.1 Å². The molecule has 13 rings (SSSR count). The van der Waals surface area contributed by atoms with Gasteiger partial charge in [0.1, 0.15) is 0 Å². The third-order valence-electron chi connectivity index (χ3n) is 12.6. The molecule has 3 heterocycles. The van der Waals surface area contributed by atoms with Gasteiger partial charge in [-0.05, 0) is 87.3 Å². The molecule has 0 atom stereocenters. The summed E-state index contributed by atoms with van der Waals surface area (Å²) in [6, 6.07) is 78.2. The molecule has 5 heteroatoms. The lowest BCUT2D eigenvalue weighted by Gasteiger charge is -2.19. The summed E-state index contributed by atoms with van der Waals surface area (Å²) < 4.78 is 5.00. The van der Waals surface area contributed by atoms with E-state index in [0.29, 0.717) is 17.5 Å². The molecule has 0 aliphatic rings. The predicted molar refractivity (Wildman–Crippen MR) is 269 cm³/mol. The van der Waals surface area contributed by atoms with Crippen LogP contribution in [0.5, 0.6) is 0 Å². The molecule has 0 bridgehead atoms. The third-order valence-corrected chi connectivity index (χ3v) is 13.7. The normalized spacial score (nSPS) is 11.8. The molecule has 13 aromatic rings. The van der Waals surface area contributed by atoms with Crippen LogP contribution in [0.25, 0.3) is 126 Å². The van der Waals surface area contributed by atoms with Gasteiger partial charge >= 0.3 is 0 Å². The Morgan fingerprint density at radius 2 is 0.906 bits per heavy atom. The Balaban J connectivity index is 1.13. The average molecular weight is 833 g/mol. The summed E-state index contributed by atoms with van der Waals surface area (Å²) in [5, 5.41) is 9.77. The van der Waals surface area contributed by atoms with Gasteiger partial charge in [-0.1, -0.05) is 164 Å². The van der Waals surface area contributed by atoms with E-state index in [1.54, 1.807) is 0 Å². The van der Waals surface area contributed by atoms with Crippen LogP contribution in [-0.2, 0) is 0 Å². The molecule has 0 aliphatic carbocycles. The second kappa shape index (κ2) is 14.7. The summed E-state index contributed by atoms with van der Waals surface area (Å²) in [5.74, 6) is 1.86. The van der Waals surface area contributed by atoms with Crippen LogP contribution in [-0.4, -0.2) is 19.5 Å². The third kappa shape index (κ3) is 5.93. The van der Waals surface area contributed by atoms with Crippen molar-refractivity contribution in [2.45, 2.75) is 0 Å². The summed E-state index contributed by atoms with van der Waals surface area (Å²) in [6.45, 7) is 0. The Labute approximate surface area is 373 Å². The van der Waals surface area contributed by atoms with E-state index in [1.165, 1.54) is 58.1 Å². The van der Waals surface area contributed by atoms with Crippen LogP contribution in [0.1, 0.15) is 0 Å². The van der Waals surface area contributed by atoms with E-state index >= 15 is 0 Å². The van der Waals surface area contributed by atoms with E-state index in [0.717, 1.165) is 50.1 Å². The van der Waals surface area contributed by atoms with Gasteiger partial charge in [0.15, 0.2) is 17.5 Å². The van der Waals surface area contributed by atoms with Gasteiger partial charge in [0, 0.05) is 58.8 Å². The van der Waals surface area contributed by atoms with Crippen LogP contribution >= 0.6 is 11.3 Å². The van der Waals surface area contributed by atoms with Crippen LogP contribution in [0.4, 0.5) is 0 Å². The molecule has 0 saturated heterocycles. The zero-order valence-electron chi connectivity index (χ0n) is 34.5. The average Bonchev–Trinajstić information content (AvgIpc) is 3.90. The number of benzene rings is 10. The van der Waals surface area contributed by atoms with Crippen molar-refractivity contribution in [2.24, 2.45) is 0 Å². The first-order chi connectivity index (χ1) is 31.7. The highest BCUT2D eigenvalue weighted by atomic mass is 32.1. The number of para-hydroxylation sites is 1. The minimum absolute atomic E-state index is 0.613. The molecular formula is C59H36N4S. The summed E-state index contributed by atoms with van der Waals surface area (Å²) in [4.78, 5) is 15.8. The smallest absolute Gasteiger partial charge is 0.164 e. The Morgan fingerprint density at radius 1 is 0.328 bits per heavy atom. The van der Waals surface area contributed by atoms with E-state index in [2.05, 4.69) is 199 Å². The first-order valence-corrected chi connectivity index (χ1v) is 22.4. The first-order valence-electron chi connectivity index (χ1n) is 21.6. The largest absolute Gasteiger partial charge is 0.309 e.